The van der Waals surface area contributed by atoms with Gasteiger partial charge in [0.2, 0.25) is 11.8 Å². The lowest BCUT2D eigenvalue weighted by Crippen LogP contribution is -2.52. The first kappa shape index (κ1) is 17.0. The Balaban J connectivity index is 1.48. The highest BCUT2D eigenvalue weighted by Gasteiger charge is 2.39. The number of carbonyl (C=O) groups excluding carboxylic acids is 3. The van der Waals surface area contributed by atoms with Crippen molar-refractivity contribution in [3.63, 3.8) is 0 Å². The summed E-state index contributed by atoms with van der Waals surface area (Å²) in [7, 11) is 0. The molecule has 2 N–H and O–H groups in total. The number of nitrogens with one attached hydrogen (secondary N) is 2. The molecule has 3 heterocycles. The van der Waals surface area contributed by atoms with Crippen molar-refractivity contribution in [2.75, 3.05) is 13.1 Å². The van der Waals surface area contributed by atoms with Crippen molar-refractivity contribution >= 4 is 17.7 Å². The fourth-order valence-electron chi connectivity index (χ4n) is 3.76. The lowest BCUT2D eigenvalue weighted by atomic mass is 10.0. The number of carbonyl (C=O) groups is 3. The number of benzene rings is 1. The van der Waals surface area contributed by atoms with Gasteiger partial charge in [0.05, 0.1) is 0 Å². The average Bonchev–Trinajstić information content (AvgIpc) is 2.91. The zero-order valence-electron chi connectivity index (χ0n) is 14.2. The van der Waals surface area contributed by atoms with Crippen molar-refractivity contribution < 1.29 is 23.5 Å². The van der Waals surface area contributed by atoms with Gasteiger partial charge in [-0.05, 0) is 30.2 Å². The van der Waals surface area contributed by atoms with Gasteiger partial charge in [-0.2, -0.15) is 0 Å². The Kier molecular flexibility index (Phi) is 4.36. The SMILES string of the molecule is O=C1CCC(N2Cc3cc(O[C@H]4CNC[C@@H](F)C4)ccc3C2=O)C(=O)N1. The first-order chi connectivity index (χ1) is 12.5. The van der Waals surface area contributed by atoms with Crippen LogP contribution in [0.15, 0.2) is 18.2 Å². The molecule has 2 fully saturated rings. The van der Waals surface area contributed by atoms with E-state index in [0.29, 0.717) is 43.8 Å². The van der Waals surface area contributed by atoms with E-state index in [1.54, 1.807) is 18.2 Å². The minimum Gasteiger partial charge on any atom is -0.489 e. The molecule has 0 bridgehead atoms. The van der Waals surface area contributed by atoms with Gasteiger partial charge in [-0.1, -0.05) is 0 Å². The van der Waals surface area contributed by atoms with E-state index in [2.05, 4.69) is 10.6 Å². The summed E-state index contributed by atoms with van der Waals surface area (Å²) in [5.41, 5.74) is 1.31. The quantitative estimate of drug-likeness (QED) is 0.767. The molecule has 3 aliphatic heterocycles. The third kappa shape index (κ3) is 3.16. The Labute approximate surface area is 149 Å². The van der Waals surface area contributed by atoms with Gasteiger partial charge >= 0.3 is 0 Å². The van der Waals surface area contributed by atoms with Crippen molar-refractivity contribution in [2.45, 2.75) is 44.1 Å². The van der Waals surface area contributed by atoms with Crippen LogP contribution in [0.3, 0.4) is 0 Å². The number of fused-ring (bicyclic) bond motifs is 1. The second kappa shape index (κ2) is 6.68. The molecule has 3 atom stereocenters. The first-order valence-corrected chi connectivity index (χ1v) is 8.80. The molecule has 3 aliphatic rings. The number of ether oxygens (including phenoxy) is 1. The van der Waals surface area contributed by atoms with E-state index in [0.717, 1.165) is 5.56 Å². The van der Waals surface area contributed by atoms with Gasteiger partial charge in [0, 0.05) is 38.0 Å². The molecule has 26 heavy (non-hydrogen) atoms. The number of hydrogen-bond acceptors (Lipinski definition) is 5. The van der Waals surface area contributed by atoms with Crippen LogP contribution in [0.5, 0.6) is 5.75 Å². The predicted molar refractivity (Wildman–Crippen MR) is 89.3 cm³/mol. The number of nitrogens with zero attached hydrogens (tertiary/aromatic N) is 1. The van der Waals surface area contributed by atoms with E-state index in [4.69, 9.17) is 4.74 Å². The Hall–Kier alpha value is -2.48. The molecule has 3 amide bonds. The van der Waals surface area contributed by atoms with Gasteiger partial charge in [-0.3, -0.25) is 19.7 Å². The molecule has 1 aromatic carbocycles. The van der Waals surface area contributed by atoms with Crippen LogP contribution in [0, 0.1) is 0 Å². The summed E-state index contributed by atoms with van der Waals surface area (Å²) in [5.74, 6) is -0.369. The molecule has 1 aromatic rings. The van der Waals surface area contributed by atoms with E-state index < -0.39 is 18.1 Å². The Morgan fingerprint density at radius 2 is 2.04 bits per heavy atom. The van der Waals surface area contributed by atoms with E-state index in [1.165, 1.54) is 4.90 Å². The fourth-order valence-corrected chi connectivity index (χ4v) is 3.76. The van der Waals surface area contributed by atoms with E-state index >= 15 is 0 Å². The van der Waals surface area contributed by atoms with Crippen molar-refractivity contribution in [3.05, 3.63) is 29.3 Å². The second-order valence-electron chi connectivity index (χ2n) is 6.95. The number of alkyl halides is 1. The monoisotopic (exact) mass is 361 g/mol. The summed E-state index contributed by atoms with van der Waals surface area (Å²) in [5, 5.41) is 5.27. The van der Waals surface area contributed by atoms with Gasteiger partial charge < -0.3 is 15.0 Å². The summed E-state index contributed by atoms with van der Waals surface area (Å²) in [6.07, 6.45) is -0.276. The maximum atomic E-state index is 13.5. The molecule has 7 nitrogen and oxygen atoms in total. The van der Waals surface area contributed by atoms with Crippen LogP contribution in [0.25, 0.3) is 0 Å². The normalized spacial score (nSPS) is 28.7. The van der Waals surface area contributed by atoms with Crippen LogP contribution in [0.2, 0.25) is 0 Å². The highest BCUT2D eigenvalue weighted by Crippen LogP contribution is 2.30. The molecule has 0 spiro atoms. The molecule has 0 saturated carbocycles. The lowest BCUT2D eigenvalue weighted by Gasteiger charge is -2.29. The topological polar surface area (TPSA) is 87.7 Å². The smallest absolute Gasteiger partial charge is 0.255 e. The van der Waals surface area contributed by atoms with Crippen LogP contribution in [-0.2, 0) is 16.1 Å². The van der Waals surface area contributed by atoms with E-state index in [9.17, 15) is 18.8 Å². The van der Waals surface area contributed by atoms with Crippen LogP contribution < -0.4 is 15.4 Å². The summed E-state index contributed by atoms with van der Waals surface area (Å²) >= 11 is 0. The molecule has 1 unspecified atom stereocenters. The van der Waals surface area contributed by atoms with Gasteiger partial charge in [-0.15, -0.1) is 0 Å². The standard InChI is InChI=1S/C18H20FN3O4/c19-11-6-13(8-20-7-11)26-12-1-2-14-10(5-12)9-22(18(14)25)15-3-4-16(23)21-17(15)24/h1-2,5,11,13,15,20H,3-4,6-9H2,(H,21,23,24)/t11-,13+,15?/m0/s1. The molecule has 0 aromatic heterocycles. The number of hydrogen-bond donors (Lipinski definition) is 2. The molecular weight excluding hydrogens is 341 g/mol. The molecule has 138 valence electrons. The Morgan fingerprint density at radius 3 is 2.81 bits per heavy atom. The Morgan fingerprint density at radius 1 is 1.19 bits per heavy atom. The van der Waals surface area contributed by atoms with Crippen molar-refractivity contribution in [3.8, 4) is 5.75 Å². The van der Waals surface area contributed by atoms with Crippen LogP contribution >= 0.6 is 0 Å². The maximum Gasteiger partial charge on any atom is 0.255 e. The maximum absolute atomic E-state index is 13.5. The minimum atomic E-state index is -0.923. The summed E-state index contributed by atoms with van der Waals surface area (Å²) in [6, 6.07) is 4.53. The highest BCUT2D eigenvalue weighted by atomic mass is 19.1. The van der Waals surface area contributed by atoms with Gasteiger partial charge in [-0.25, -0.2) is 4.39 Å². The molecule has 2 saturated heterocycles. The molecular formula is C18H20FN3O4. The van der Waals surface area contributed by atoms with Gasteiger partial charge in [0.15, 0.2) is 0 Å². The molecule has 8 heteroatoms. The van der Waals surface area contributed by atoms with Crippen LogP contribution in [0.1, 0.15) is 35.2 Å². The van der Waals surface area contributed by atoms with Crippen molar-refractivity contribution in [2.24, 2.45) is 0 Å². The number of imide groups is 1. The summed E-state index contributed by atoms with van der Waals surface area (Å²) < 4.78 is 19.3. The second-order valence-corrected chi connectivity index (χ2v) is 6.95. The van der Waals surface area contributed by atoms with Gasteiger partial charge in [0.25, 0.3) is 5.91 Å². The van der Waals surface area contributed by atoms with Crippen molar-refractivity contribution in [1.29, 1.82) is 0 Å². The number of rotatable bonds is 3. The predicted octanol–water partition coefficient (Wildman–Crippen LogP) is 0.526. The van der Waals surface area contributed by atoms with E-state index in [1.807, 2.05) is 0 Å². The first-order valence-electron chi connectivity index (χ1n) is 8.80. The molecule has 4 rings (SSSR count). The zero-order valence-corrected chi connectivity index (χ0v) is 14.2. The lowest BCUT2D eigenvalue weighted by molar-refractivity contribution is -0.136. The third-order valence-electron chi connectivity index (χ3n) is 5.05. The Bertz CT molecular complexity index is 769. The number of halogens is 1. The van der Waals surface area contributed by atoms with Crippen LogP contribution in [-0.4, -0.2) is 54.0 Å². The third-order valence-corrected chi connectivity index (χ3v) is 5.05. The van der Waals surface area contributed by atoms with E-state index in [-0.39, 0.29) is 24.3 Å². The average molecular weight is 361 g/mol. The fraction of sp³-hybridized carbons (Fsp3) is 0.500. The van der Waals surface area contributed by atoms with Crippen LogP contribution in [0.4, 0.5) is 4.39 Å². The number of piperidine rings is 2. The van der Waals surface area contributed by atoms with Crippen molar-refractivity contribution in [1.82, 2.24) is 15.5 Å². The highest BCUT2D eigenvalue weighted by molar-refractivity contribution is 6.05. The minimum absolute atomic E-state index is 0.218. The zero-order chi connectivity index (χ0) is 18.3. The summed E-state index contributed by atoms with van der Waals surface area (Å²) in [4.78, 5) is 37.5. The van der Waals surface area contributed by atoms with Gasteiger partial charge in [0.1, 0.15) is 24.1 Å². The largest absolute Gasteiger partial charge is 0.489 e. The summed E-state index contributed by atoms with van der Waals surface area (Å²) in [6.45, 7) is 1.23. The molecule has 0 aliphatic carbocycles. The number of amides is 3. The molecule has 0 radical (unpaired) electrons.